The van der Waals surface area contributed by atoms with Gasteiger partial charge < -0.3 is 5.11 Å². The highest BCUT2D eigenvalue weighted by Crippen LogP contribution is 2.50. The quantitative estimate of drug-likeness (QED) is 0.868. The van der Waals surface area contributed by atoms with Crippen LogP contribution in [0.1, 0.15) is 12.5 Å². The highest BCUT2D eigenvalue weighted by molar-refractivity contribution is 8.46. The van der Waals surface area contributed by atoms with Crippen molar-refractivity contribution >= 4 is 15.2 Å². The molecule has 2 N–H and O–H groups in total. The van der Waals surface area contributed by atoms with Crippen molar-refractivity contribution in [3.63, 3.8) is 0 Å². The normalized spacial score (nSPS) is 31.1. The van der Waals surface area contributed by atoms with E-state index in [0.29, 0.717) is 0 Å². The van der Waals surface area contributed by atoms with E-state index < -0.39 is 10.0 Å². The van der Waals surface area contributed by atoms with Crippen molar-refractivity contribution in [3.05, 3.63) is 58.9 Å². The molecule has 0 amide bonds. The molecule has 20 heavy (non-hydrogen) atoms. The SMILES string of the molecule is CC1=CS(C)(CCc2ccccc2)C2=NC=C(CO)[NH+]12. The lowest BCUT2D eigenvalue weighted by Gasteiger charge is -2.26. The molecule has 0 spiro atoms. The van der Waals surface area contributed by atoms with E-state index >= 15 is 0 Å². The van der Waals surface area contributed by atoms with Crippen molar-refractivity contribution in [2.75, 3.05) is 18.6 Å². The molecule has 1 aromatic rings. The molecule has 2 aliphatic rings. The summed E-state index contributed by atoms with van der Waals surface area (Å²) in [5.41, 5.74) is 3.64. The second kappa shape index (κ2) is 5.20. The van der Waals surface area contributed by atoms with Gasteiger partial charge in [0.25, 0.3) is 5.17 Å². The van der Waals surface area contributed by atoms with Gasteiger partial charge in [-0.2, -0.15) is 4.99 Å². The van der Waals surface area contributed by atoms with Gasteiger partial charge in [-0.15, -0.1) is 10.0 Å². The van der Waals surface area contributed by atoms with Crippen LogP contribution in [-0.2, 0) is 6.42 Å². The van der Waals surface area contributed by atoms with Gasteiger partial charge in [0.05, 0.1) is 6.20 Å². The van der Waals surface area contributed by atoms with Crippen LogP contribution in [0.4, 0.5) is 0 Å². The largest absolute Gasteiger partial charge is 0.386 e. The Morgan fingerprint density at radius 1 is 1.25 bits per heavy atom. The second-order valence-electron chi connectivity index (χ2n) is 5.52. The fraction of sp³-hybridized carbons (Fsp3) is 0.312. The zero-order valence-electron chi connectivity index (χ0n) is 12.0. The molecule has 106 valence electrons. The number of rotatable bonds is 4. The summed E-state index contributed by atoms with van der Waals surface area (Å²) in [4.78, 5) is 5.81. The zero-order chi connectivity index (χ0) is 14.2. The summed E-state index contributed by atoms with van der Waals surface area (Å²) >= 11 is 0. The van der Waals surface area contributed by atoms with Crippen LogP contribution >= 0.6 is 10.0 Å². The van der Waals surface area contributed by atoms with E-state index in [1.807, 2.05) is 6.20 Å². The molecular weight excluding hydrogens is 268 g/mol. The summed E-state index contributed by atoms with van der Waals surface area (Å²) in [5.74, 6) is 1.13. The Morgan fingerprint density at radius 2 is 2.00 bits per heavy atom. The standard InChI is InChI=1S/C16H20N2OS/c1-13-12-20(2,9-8-14-6-4-3-5-7-14)16-17-10-15(11-19)18(13)16/h3-7,10,12,19H,8-9,11H2,1-2H3/p+1. The Labute approximate surface area is 121 Å². The summed E-state index contributed by atoms with van der Waals surface area (Å²) in [6.45, 7) is 2.22. The predicted molar refractivity (Wildman–Crippen MR) is 85.9 cm³/mol. The topological polar surface area (TPSA) is 37.0 Å². The van der Waals surface area contributed by atoms with Crippen LogP contribution in [0, 0.1) is 0 Å². The average molecular weight is 289 g/mol. The number of quaternary nitrogens is 1. The molecule has 2 atom stereocenters. The third-order valence-electron chi connectivity index (χ3n) is 3.97. The molecule has 3 rings (SSSR count). The maximum Gasteiger partial charge on any atom is 0.257 e. The fourth-order valence-corrected chi connectivity index (χ4v) is 5.97. The van der Waals surface area contributed by atoms with Crippen molar-refractivity contribution in [2.45, 2.75) is 13.3 Å². The van der Waals surface area contributed by atoms with Gasteiger partial charge in [0, 0.05) is 12.3 Å². The first kappa shape index (κ1) is 13.6. The number of amidine groups is 1. The molecule has 4 heteroatoms. The molecule has 3 nitrogen and oxygen atoms in total. The van der Waals surface area contributed by atoms with Crippen molar-refractivity contribution < 1.29 is 10.0 Å². The lowest BCUT2D eigenvalue weighted by Crippen LogP contribution is -3.09. The molecule has 2 aliphatic heterocycles. The molecular formula is C16H21N2OS+. The third kappa shape index (κ3) is 2.24. The molecule has 0 aromatic heterocycles. The smallest absolute Gasteiger partial charge is 0.257 e. The number of nitrogens with zero attached hydrogens (tertiary/aromatic N) is 1. The first-order chi connectivity index (χ1) is 9.64. The second-order valence-corrected chi connectivity index (χ2v) is 8.87. The van der Waals surface area contributed by atoms with Crippen LogP contribution in [0.3, 0.4) is 0 Å². The molecule has 0 bridgehead atoms. The molecule has 0 fully saturated rings. The molecule has 0 saturated heterocycles. The number of aliphatic hydroxyl groups is 1. The number of aliphatic imine (C=N–C) groups is 1. The number of nitrogens with one attached hydrogen (secondary N) is 1. The van der Waals surface area contributed by atoms with Crippen molar-refractivity contribution in [1.29, 1.82) is 0 Å². The van der Waals surface area contributed by atoms with Crippen molar-refractivity contribution in [1.82, 2.24) is 0 Å². The monoisotopic (exact) mass is 289 g/mol. The van der Waals surface area contributed by atoms with E-state index in [-0.39, 0.29) is 6.61 Å². The van der Waals surface area contributed by atoms with Gasteiger partial charge in [-0.25, -0.2) is 4.90 Å². The minimum atomic E-state index is -0.984. The lowest BCUT2D eigenvalue weighted by atomic mass is 10.2. The van der Waals surface area contributed by atoms with Gasteiger partial charge in [-0.05, 0) is 24.0 Å². The maximum atomic E-state index is 9.43. The number of benzene rings is 1. The first-order valence-electron chi connectivity index (χ1n) is 6.88. The molecule has 1 aromatic carbocycles. The number of fused-ring (bicyclic) bond motifs is 1. The van der Waals surface area contributed by atoms with Gasteiger partial charge in [0.15, 0.2) is 5.70 Å². The molecule has 2 heterocycles. The van der Waals surface area contributed by atoms with Gasteiger partial charge in [0.2, 0.25) is 0 Å². The van der Waals surface area contributed by atoms with Crippen LogP contribution in [0.15, 0.2) is 58.3 Å². The number of aryl methyl sites for hydroxylation is 1. The van der Waals surface area contributed by atoms with Crippen LogP contribution in [-0.4, -0.2) is 28.9 Å². The minimum absolute atomic E-state index is 0.0850. The molecule has 0 saturated carbocycles. The Balaban J connectivity index is 1.77. The van der Waals surface area contributed by atoms with Crippen molar-refractivity contribution in [3.8, 4) is 0 Å². The van der Waals surface area contributed by atoms with E-state index in [0.717, 1.165) is 17.9 Å². The van der Waals surface area contributed by atoms with E-state index in [9.17, 15) is 5.11 Å². The Kier molecular flexibility index (Phi) is 3.54. The summed E-state index contributed by atoms with van der Waals surface area (Å²) in [6.07, 6.45) is 5.26. The Morgan fingerprint density at radius 3 is 2.70 bits per heavy atom. The summed E-state index contributed by atoms with van der Waals surface area (Å²) < 4.78 is 0. The molecule has 2 unspecified atom stereocenters. The fourth-order valence-electron chi connectivity index (χ4n) is 2.93. The highest BCUT2D eigenvalue weighted by Gasteiger charge is 2.44. The van der Waals surface area contributed by atoms with Gasteiger partial charge in [-0.3, -0.25) is 0 Å². The van der Waals surface area contributed by atoms with Crippen molar-refractivity contribution in [2.24, 2.45) is 4.99 Å². The number of aliphatic hydroxyl groups excluding tert-OH is 1. The maximum absolute atomic E-state index is 9.43. The van der Waals surface area contributed by atoms with Gasteiger partial charge in [-0.1, -0.05) is 30.3 Å². The van der Waals surface area contributed by atoms with Crippen LogP contribution < -0.4 is 4.90 Å². The van der Waals surface area contributed by atoms with E-state index in [2.05, 4.69) is 53.9 Å². The van der Waals surface area contributed by atoms with Gasteiger partial charge >= 0.3 is 0 Å². The van der Waals surface area contributed by atoms with E-state index in [1.54, 1.807) is 0 Å². The Bertz CT molecular complexity index is 606. The average Bonchev–Trinajstić information content (AvgIpc) is 3.00. The first-order valence-corrected chi connectivity index (χ1v) is 9.15. The summed E-state index contributed by atoms with van der Waals surface area (Å²) in [5, 5.41) is 13.0. The Hall–Kier alpha value is -1.36. The summed E-state index contributed by atoms with van der Waals surface area (Å²) in [7, 11) is -0.984. The third-order valence-corrected chi connectivity index (χ3v) is 7.09. The van der Waals surface area contributed by atoms with Crippen LogP contribution in [0.5, 0.6) is 0 Å². The minimum Gasteiger partial charge on any atom is -0.386 e. The van der Waals surface area contributed by atoms with Gasteiger partial charge in [0.1, 0.15) is 12.3 Å². The molecule has 0 radical (unpaired) electrons. The van der Waals surface area contributed by atoms with E-state index in [4.69, 9.17) is 0 Å². The number of hydrogen-bond donors (Lipinski definition) is 2. The van der Waals surface area contributed by atoms with Crippen LogP contribution in [0.2, 0.25) is 0 Å². The van der Waals surface area contributed by atoms with E-state index in [1.165, 1.54) is 21.3 Å². The number of hydrogen-bond acceptors (Lipinski definition) is 2. The lowest BCUT2D eigenvalue weighted by molar-refractivity contribution is -0.709. The molecule has 0 aliphatic carbocycles. The summed E-state index contributed by atoms with van der Waals surface area (Å²) in [6, 6.07) is 10.6. The zero-order valence-corrected chi connectivity index (χ0v) is 12.8. The highest BCUT2D eigenvalue weighted by atomic mass is 32.3. The predicted octanol–water partition coefficient (Wildman–Crippen LogP) is 1.63. The number of allylic oxidation sites excluding steroid dienone is 1. The van der Waals surface area contributed by atoms with Crippen LogP contribution in [0.25, 0.3) is 0 Å².